The molecule has 8 aromatic rings. The summed E-state index contributed by atoms with van der Waals surface area (Å²) in [5.74, 6) is 0. The Balaban J connectivity index is 1.35. The molecule has 0 saturated heterocycles. The Morgan fingerprint density at radius 1 is 0.526 bits per heavy atom. The number of fused-ring (bicyclic) bond motifs is 8. The van der Waals surface area contributed by atoms with Gasteiger partial charge in [0.25, 0.3) is 0 Å². The van der Waals surface area contributed by atoms with Gasteiger partial charge < -0.3 is 4.90 Å². The molecule has 0 fully saturated rings. The van der Waals surface area contributed by atoms with E-state index >= 15 is 0 Å². The molecule has 0 atom stereocenters. The first-order chi connectivity index (χ1) is 18.6. The number of benzene rings is 5. The van der Waals surface area contributed by atoms with Crippen LogP contribution in [0.5, 0.6) is 0 Å². The molecule has 38 heavy (non-hydrogen) atoms. The highest BCUT2D eigenvalue weighted by Crippen LogP contribution is 2.47. The molecule has 5 aromatic carbocycles. The number of nitrogens with zero attached hydrogens (tertiary/aromatic N) is 1. The van der Waals surface area contributed by atoms with Gasteiger partial charge in [-0.05, 0) is 73.2 Å². The third-order valence-electron chi connectivity index (χ3n) is 7.25. The van der Waals surface area contributed by atoms with Crippen LogP contribution in [0.2, 0.25) is 5.02 Å². The third-order valence-corrected chi connectivity index (χ3v) is 11.0. The zero-order valence-corrected chi connectivity index (χ0v) is 23.6. The van der Waals surface area contributed by atoms with Crippen LogP contribution in [0, 0.1) is 6.92 Å². The molecule has 0 saturated carbocycles. The summed E-state index contributed by atoms with van der Waals surface area (Å²) in [6, 6.07) is 37.2. The fraction of sp³-hybridized carbons (Fsp3) is 0.0303. The molecule has 0 radical (unpaired) electrons. The molecule has 0 aliphatic heterocycles. The largest absolute Gasteiger partial charge is 0.310 e. The smallest absolute Gasteiger partial charge is 0.0890 e. The quantitative estimate of drug-likeness (QED) is 0.207. The van der Waals surface area contributed by atoms with Gasteiger partial charge in [0.05, 0.1) is 4.01 Å². The Morgan fingerprint density at radius 2 is 1.26 bits per heavy atom. The van der Waals surface area contributed by atoms with E-state index in [0.29, 0.717) is 0 Å². The lowest BCUT2D eigenvalue weighted by Crippen LogP contribution is -2.09. The Labute approximate surface area is 236 Å². The molecular formula is C33H20ClNS3. The minimum absolute atomic E-state index is 0.787. The SMILES string of the molecule is Cc1cc(N(c2ccccc2)c2ccc3c(c2)sc2sc4ccc(Cl)cc4c23)cc2sc3ccccc3c12. The Bertz CT molecular complexity index is 2170. The van der Waals surface area contributed by atoms with Crippen LogP contribution in [0.3, 0.4) is 0 Å². The molecule has 0 N–H and O–H groups in total. The van der Waals surface area contributed by atoms with Crippen molar-refractivity contribution in [1.82, 2.24) is 0 Å². The highest BCUT2D eigenvalue weighted by molar-refractivity contribution is 7.44. The van der Waals surface area contributed by atoms with Crippen molar-refractivity contribution < 1.29 is 0 Å². The lowest BCUT2D eigenvalue weighted by molar-refractivity contribution is 1.29. The van der Waals surface area contributed by atoms with Gasteiger partial charge in [-0.25, -0.2) is 0 Å². The van der Waals surface area contributed by atoms with Crippen LogP contribution in [-0.4, -0.2) is 0 Å². The highest BCUT2D eigenvalue weighted by Gasteiger charge is 2.19. The van der Waals surface area contributed by atoms with Crippen molar-refractivity contribution in [2.75, 3.05) is 4.90 Å². The van der Waals surface area contributed by atoms with Gasteiger partial charge in [-0.1, -0.05) is 54.1 Å². The summed E-state index contributed by atoms with van der Waals surface area (Å²) in [5, 5.41) is 7.37. The van der Waals surface area contributed by atoms with E-state index in [4.69, 9.17) is 11.6 Å². The number of anilines is 3. The molecule has 0 unspecified atom stereocenters. The zero-order valence-electron chi connectivity index (χ0n) is 20.4. The van der Waals surface area contributed by atoms with Crippen LogP contribution < -0.4 is 4.90 Å². The van der Waals surface area contributed by atoms with Crippen LogP contribution in [0.15, 0.2) is 103 Å². The van der Waals surface area contributed by atoms with Crippen molar-refractivity contribution in [2.45, 2.75) is 6.92 Å². The molecule has 1 nitrogen and oxygen atoms in total. The van der Waals surface area contributed by atoms with E-state index in [1.807, 2.05) is 40.1 Å². The second-order valence-electron chi connectivity index (χ2n) is 9.59. The van der Waals surface area contributed by atoms with Gasteiger partial charge in [-0.15, -0.1) is 34.0 Å². The number of halogens is 1. The van der Waals surface area contributed by atoms with Gasteiger partial charge in [-0.3, -0.25) is 0 Å². The predicted molar refractivity (Wildman–Crippen MR) is 172 cm³/mol. The first-order valence-electron chi connectivity index (χ1n) is 12.5. The Morgan fingerprint density at radius 3 is 2.16 bits per heavy atom. The summed E-state index contributed by atoms with van der Waals surface area (Å²) in [6.07, 6.45) is 0. The molecule has 3 aromatic heterocycles. The lowest BCUT2D eigenvalue weighted by atomic mass is 10.1. The van der Waals surface area contributed by atoms with E-state index in [1.165, 1.54) is 66.7 Å². The topological polar surface area (TPSA) is 3.24 Å². The fourth-order valence-electron chi connectivity index (χ4n) is 5.61. The summed E-state index contributed by atoms with van der Waals surface area (Å²) in [4.78, 5) is 2.39. The second kappa shape index (κ2) is 8.55. The first-order valence-corrected chi connectivity index (χ1v) is 15.3. The van der Waals surface area contributed by atoms with Crippen molar-refractivity contribution in [1.29, 1.82) is 0 Å². The third kappa shape index (κ3) is 3.41. The Kier molecular flexibility index (Phi) is 5.08. The number of hydrogen-bond acceptors (Lipinski definition) is 4. The number of para-hydroxylation sites is 1. The van der Waals surface area contributed by atoms with Crippen LogP contribution in [0.25, 0.3) is 49.7 Å². The first kappa shape index (κ1) is 22.6. The van der Waals surface area contributed by atoms with Gasteiger partial charge >= 0.3 is 0 Å². The van der Waals surface area contributed by atoms with E-state index in [0.717, 1.165) is 10.7 Å². The lowest BCUT2D eigenvalue weighted by Gasteiger charge is -2.26. The molecule has 0 aliphatic carbocycles. The zero-order chi connectivity index (χ0) is 25.4. The molecular weight excluding hydrogens is 542 g/mol. The maximum Gasteiger partial charge on any atom is 0.0890 e. The predicted octanol–water partition coefficient (Wildman–Crippen LogP) is 12.1. The summed E-state index contributed by atoms with van der Waals surface area (Å²) in [5.41, 5.74) is 4.81. The number of aryl methyl sites for hydroxylation is 1. The molecule has 182 valence electrons. The molecule has 5 heteroatoms. The van der Waals surface area contributed by atoms with Crippen molar-refractivity contribution in [3.05, 3.63) is 114 Å². The van der Waals surface area contributed by atoms with Crippen LogP contribution >= 0.6 is 45.6 Å². The van der Waals surface area contributed by atoms with Crippen molar-refractivity contribution in [3.63, 3.8) is 0 Å². The molecule has 0 aliphatic rings. The van der Waals surface area contributed by atoms with Crippen molar-refractivity contribution >= 4 is 112 Å². The normalized spacial score (nSPS) is 11.9. The number of thiophene rings is 3. The maximum atomic E-state index is 6.38. The minimum atomic E-state index is 0.787. The van der Waals surface area contributed by atoms with E-state index < -0.39 is 0 Å². The van der Waals surface area contributed by atoms with Gasteiger partial charge in [0.15, 0.2) is 0 Å². The minimum Gasteiger partial charge on any atom is -0.310 e. The second-order valence-corrected chi connectivity index (χ2v) is 13.5. The molecule has 0 bridgehead atoms. The van der Waals surface area contributed by atoms with Crippen LogP contribution in [-0.2, 0) is 0 Å². The van der Waals surface area contributed by atoms with Crippen LogP contribution in [0.4, 0.5) is 17.1 Å². The highest BCUT2D eigenvalue weighted by atomic mass is 35.5. The molecule has 3 heterocycles. The summed E-state index contributed by atoms with van der Waals surface area (Å²) >= 11 is 12.0. The van der Waals surface area contributed by atoms with Gasteiger partial charge in [0.2, 0.25) is 0 Å². The van der Waals surface area contributed by atoms with E-state index in [9.17, 15) is 0 Å². The fourth-order valence-corrected chi connectivity index (χ4v) is 9.62. The van der Waals surface area contributed by atoms with E-state index in [2.05, 4.69) is 109 Å². The number of hydrogen-bond donors (Lipinski definition) is 0. The van der Waals surface area contributed by atoms with Gasteiger partial charge in [0, 0.05) is 67.8 Å². The average Bonchev–Trinajstić information content (AvgIpc) is 3.58. The van der Waals surface area contributed by atoms with Gasteiger partial charge in [0.1, 0.15) is 0 Å². The van der Waals surface area contributed by atoms with Gasteiger partial charge in [-0.2, -0.15) is 0 Å². The van der Waals surface area contributed by atoms with Crippen molar-refractivity contribution in [3.8, 4) is 0 Å². The van der Waals surface area contributed by atoms with Crippen LogP contribution in [0.1, 0.15) is 5.56 Å². The van der Waals surface area contributed by atoms with E-state index in [-0.39, 0.29) is 0 Å². The maximum absolute atomic E-state index is 6.38. The average molecular weight is 562 g/mol. The van der Waals surface area contributed by atoms with E-state index in [1.54, 1.807) is 0 Å². The summed E-state index contributed by atoms with van der Waals surface area (Å²) in [6.45, 7) is 2.24. The monoisotopic (exact) mass is 561 g/mol. The molecule has 0 amide bonds. The summed E-state index contributed by atoms with van der Waals surface area (Å²) < 4.78 is 6.60. The number of rotatable bonds is 3. The molecule has 8 rings (SSSR count). The summed E-state index contributed by atoms with van der Waals surface area (Å²) in [7, 11) is 0. The Hall–Kier alpha value is -3.41. The standard InChI is InChI=1S/C33H20ClNS3/c1-19-15-23(18-30-31(19)24-9-5-6-10-27(24)36-30)35(21-7-3-2-4-8-21)22-12-13-25-29(17-22)38-33-32(25)26-16-20(34)11-14-28(26)37-33/h2-18H,1H3. The van der Waals surface area contributed by atoms with Crippen molar-refractivity contribution in [2.24, 2.45) is 0 Å². The molecule has 0 spiro atoms.